The Morgan fingerprint density at radius 1 is 1.25 bits per heavy atom. The number of hydrogen-bond donors (Lipinski definition) is 1. The summed E-state index contributed by atoms with van der Waals surface area (Å²) in [6, 6.07) is 13.2. The predicted molar refractivity (Wildman–Crippen MR) is 81.9 cm³/mol. The molecule has 0 amide bonds. The average molecular weight is 269 g/mol. The van der Waals surface area contributed by atoms with E-state index in [1.807, 2.05) is 6.07 Å². The fourth-order valence-electron chi connectivity index (χ4n) is 2.86. The van der Waals surface area contributed by atoms with Gasteiger partial charge in [0.25, 0.3) is 0 Å². The third-order valence-electron chi connectivity index (χ3n) is 4.25. The van der Waals surface area contributed by atoms with Crippen LogP contribution in [-0.4, -0.2) is 6.54 Å². The second-order valence-corrected chi connectivity index (χ2v) is 5.70. The third-order valence-corrected chi connectivity index (χ3v) is 4.25. The molecule has 0 aliphatic heterocycles. The van der Waals surface area contributed by atoms with Crippen LogP contribution in [0.3, 0.4) is 0 Å². The molecule has 1 aliphatic carbocycles. The minimum atomic E-state index is 0.171. The average Bonchev–Trinajstić information content (AvgIpc) is 2.92. The van der Waals surface area contributed by atoms with Gasteiger partial charge in [-0.25, -0.2) is 0 Å². The molecule has 1 aliphatic rings. The van der Waals surface area contributed by atoms with Crippen molar-refractivity contribution in [3.63, 3.8) is 0 Å². The minimum Gasteiger partial charge on any atom is -0.467 e. The van der Waals surface area contributed by atoms with Gasteiger partial charge in [-0.2, -0.15) is 0 Å². The van der Waals surface area contributed by atoms with Crippen LogP contribution in [0.15, 0.2) is 47.1 Å². The minimum absolute atomic E-state index is 0.171. The number of rotatable bonds is 6. The molecule has 3 rings (SSSR count). The zero-order valence-corrected chi connectivity index (χ0v) is 12.1. The second-order valence-electron chi connectivity index (χ2n) is 5.70. The van der Waals surface area contributed by atoms with Crippen molar-refractivity contribution in [1.29, 1.82) is 0 Å². The van der Waals surface area contributed by atoms with Crippen molar-refractivity contribution in [2.75, 3.05) is 6.54 Å². The lowest BCUT2D eigenvalue weighted by atomic mass is 9.79. The molecule has 1 aromatic carbocycles. The summed E-state index contributed by atoms with van der Waals surface area (Å²) in [5.41, 5.74) is 2.81. The van der Waals surface area contributed by atoms with Gasteiger partial charge in [-0.05, 0) is 55.0 Å². The van der Waals surface area contributed by atoms with Crippen molar-refractivity contribution in [3.05, 3.63) is 59.5 Å². The molecule has 106 valence electrons. The molecule has 2 heteroatoms. The maximum atomic E-state index is 5.63. The summed E-state index contributed by atoms with van der Waals surface area (Å²) in [7, 11) is 0. The van der Waals surface area contributed by atoms with Crippen molar-refractivity contribution in [2.24, 2.45) is 0 Å². The first-order valence-electron chi connectivity index (χ1n) is 7.75. The molecule has 1 fully saturated rings. The van der Waals surface area contributed by atoms with Crippen molar-refractivity contribution in [3.8, 4) is 0 Å². The van der Waals surface area contributed by atoms with Gasteiger partial charge in [0.2, 0.25) is 0 Å². The molecule has 0 bridgehead atoms. The lowest BCUT2D eigenvalue weighted by Gasteiger charge is -2.27. The van der Waals surface area contributed by atoms with Crippen LogP contribution in [0.1, 0.15) is 61.5 Å². The van der Waals surface area contributed by atoms with Gasteiger partial charge in [-0.1, -0.05) is 37.6 Å². The maximum Gasteiger partial charge on any atom is 0.125 e. The van der Waals surface area contributed by atoms with E-state index in [-0.39, 0.29) is 6.04 Å². The van der Waals surface area contributed by atoms with Gasteiger partial charge in [0.1, 0.15) is 5.76 Å². The van der Waals surface area contributed by atoms with Gasteiger partial charge in [0, 0.05) is 0 Å². The third kappa shape index (κ3) is 2.80. The summed E-state index contributed by atoms with van der Waals surface area (Å²) in [5, 5.41) is 3.60. The van der Waals surface area contributed by atoms with Gasteiger partial charge in [0.05, 0.1) is 12.3 Å². The predicted octanol–water partition coefficient (Wildman–Crippen LogP) is 4.64. The summed E-state index contributed by atoms with van der Waals surface area (Å²) in [4.78, 5) is 0. The van der Waals surface area contributed by atoms with E-state index in [1.54, 1.807) is 6.26 Å². The Kier molecular flexibility index (Phi) is 4.22. The highest BCUT2D eigenvalue weighted by atomic mass is 16.3. The Morgan fingerprint density at radius 3 is 2.80 bits per heavy atom. The first-order valence-corrected chi connectivity index (χ1v) is 7.75. The molecule has 1 N–H and O–H groups in total. The Hall–Kier alpha value is -1.54. The molecule has 0 spiro atoms. The molecule has 1 heterocycles. The SMILES string of the molecule is CCCNC(c1cccc(C2CCC2)c1)c1ccco1. The molecular weight excluding hydrogens is 246 g/mol. The standard InChI is InChI=1S/C18H23NO/c1-2-11-19-18(17-10-5-12-20-17)16-9-4-8-15(13-16)14-6-3-7-14/h4-5,8-10,12-14,18-19H,2-3,6-7,11H2,1H3. The van der Waals surface area contributed by atoms with Gasteiger partial charge in [-0.3, -0.25) is 0 Å². The van der Waals surface area contributed by atoms with Gasteiger partial charge in [0.15, 0.2) is 0 Å². The van der Waals surface area contributed by atoms with E-state index in [0.717, 1.165) is 24.6 Å². The zero-order chi connectivity index (χ0) is 13.8. The van der Waals surface area contributed by atoms with Crippen LogP contribution in [0, 0.1) is 0 Å². The maximum absolute atomic E-state index is 5.63. The molecule has 2 nitrogen and oxygen atoms in total. The monoisotopic (exact) mass is 269 g/mol. The number of benzene rings is 1. The highest BCUT2D eigenvalue weighted by Crippen LogP contribution is 2.37. The molecular formula is C18H23NO. The van der Waals surface area contributed by atoms with E-state index in [2.05, 4.69) is 42.6 Å². The second kappa shape index (κ2) is 6.27. The molecule has 1 saturated carbocycles. The number of hydrogen-bond acceptors (Lipinski definition) is 2. The van der Waals surface area contributed by atoms with Crippen LogP contribution in [-0.2, 0) is 0 Å². The van der Waals surface area contributed by atoms with E-state index >= 15 is 0 Å². The lowest BCUT2D eigenvalue weighted by Crippen LogP contribution is -2.23. The van der Waals surface area contributed by atoms with E-state index in [4.69, 9.17) is 4.42 Å². The van der Waals surface area contributed by atoms with E-state index in [1.165, 1.54) is 30.4 Å². The number of nitrogens with one attached hydrogen (secondary N) is 1. The first kappa shape index (κ1) is 13.4. The zero-order valence-electron chi connectivity index (χ0n) is 12.1. The highest BCUT2D eigenvalue weighted by Gasteiger charge is 2.22. The lowest BCUT2D eigenvalue weighted by molar-refractivity contribution is 0.417. The molecule has 2 aromatic rings. The Morgan fingerprint density at radius 2 is 2.15 bits per heavy atom. The quantitative estimate of drug-likeness (QED) is 0.826. The van der Waals surface area contributed by atoms with Crippen LogP contribution < -0.4 is 5.32 Å². The summed E-state index contributed by atoms with van der Waals surface area (Å²) in [6.45, 7) is 3.19. The largest absolute Gasteiger partial charge is 0.467 e. The Balaban J connectivity index is 1.86. The Labute approximate surface area is 121 Å². The molecule has 1 atom stereocenters. The van der Waals surface area contributed by atoms with Crippen molar-refractivity contribution in [2.45, 2.75) is 44.6 Å². The fourth-order valence-corrected chi connectivity index (χ4v) is 2.86. The van der Waals surface area contributed by atoms with Gasteiger partial charge < -0.3 is 9.73 Å². The molecule has 1 unspecified atom stereocenters. The Bertz CT molecular complexity index is 528. The van der Waals surface area contributed by atoms with E-state index < -0.39 is 0 Å². The van der Waals surface area contributed by atoms with Crippen molar-refractivity contribution in [1.82, 2.24) is 5.32 Å². The summed E-state index contributed by atoms with van der Waals surface area (Å²) < 4.78 is 5.63. The summed E-state index contributed by atoms with van der Waals surface area (Å²) in [6.07, 6.45) is 6.95. The van der Waals surface area contributed by atoms with Crippen molar-refractivity contribution >= 4 is 0 Å². The van der Waals surface area contributed by atoms with Crippen molar-refractivity contribution < 1.29 is 4.42 Å². The van der Waals surface area contributed by atoms with Crippen LogP contribution in [0.25, 0.3) is 0 Å². The van der Waals surface area contributed by atoms with Crippen LogP contribution in [0.2, 0.25) is 0 Å². The molecule has 0 saturated heterocycles. The van der Waals surface area contributed by atoms with E-state index in [0.29, 0.717) is 0 Å². The number of furan rings is 1. The molecule has 0 radical (unpaired) electrons. The van der Waals surface area contributed by atoms with Crippen LogP contribution in [0.5, 0.6) is 0 Å². The normalized spacial score (nSPS) is 16.9. The fraction of sp³-hybridized carbons (Fsp3) is 0.444. The topological polar surface area (TPSA) is 25.2 Å². The van der Waals surface area contributed by atoms with Gasteiger partial charge >= 0.3 is 0 Å². The van der Waals surface area contributed by atoms with Crippen LogP contribution in [0.4, 0.5) is 0 Å². The highest BCUT2D eigenvalue weighted by molar-refractivity contribution is 5.33. The smallest absolute Gasteiger partial charge is 0.125 e. The van der Waals surface area contributed by atoms with Gasteiger partial charge in [-0.15, -0.1) is 0 Å². The van der Waals surface area contributed by atoms with Crippen LogP contribution >= 0.6 is 0 Å². The first-order chi connectivity index (χ1) is 9.88. The molecule has 1 aromatic heterocycles. The summed E-state index contributed by atoms with van der Waals surface area (Å²) >= 11 is 0. The summed E-state index contributed by atoms with van der Waals surface area (Å²) in [5.74, 6) is 1.78. The molecule has 20 heavy (non-hydrogen) atoms. The van der Waals surface area contributed by atoms with E-state index in [9.17, 15) is 0 Å².